The summed E-state index contributed by atoms with van der Waals surface area (Å²) in [6.45, 7) is 0. The monoisotopic (exact) mass is 269 g/mol. The zero-order valence-electron chi connectivity index (χ0n) is 10.4. The molecule has 100 valence electrons. The molecule has 0 radical (unpaired) electrons. The molecule has 20 heavy (non-hydrogen) atoms. The first-order valence-electron chi connectivity index (χ1n) is 5.77. The second kappa shape index (κ2) is 5.79. The highest BCUT2D eigenvalue weighted by atomic mass is 16.4. The second-order valence-corrected chi connectivity index (χ2v) is 4.04. The maximum Gasteiger partial charge on any atom is 0.335 e. The number of hydrogen-bond acceptors (Lipinski definition) is 3. The highest BCUT2D eigenvalue weighted by molar-refractivity contribution is 5.90. The Hall–Kier alpha value is -2.95. The lowest BCUT2D eigenvalue weighted by Gasteiger charge is -1.97. The first kappa shape index (κ1) is 13.5. The van der Waals surface area contributed by atoms with E-state index >= 15 is 0 Å². The molecular formula is C15H11NO4. The number of aromatic carboxylic acids is 2. The van der Waals surface area contributed by atoms with Crippen molar-refractivity contribution < 1.29 is 19.8 Å². The fourth-order valence-electron chi connectivity index (χ4n) is 1.55. The number of hydrogen-bond donors (Lipinski definition) is 2. The van der Waals surface area contributed by atoms with Crippen LogP contribution < -0.4 is 0 Å². The van der Waals surface area contributed by atoms with Gasteiger partial charge in [0.05, 0.1) is 16.8 Å². The molecule has 0 bridgehead atoms. The van der Waals surface area contributed by atoms with Crippen LogP contribution >= 0.6 is 0 Å². The van der Waals surface area contributed by atoms with Gasteiger partial charge in [-0.2, -0.15) is 0 Å². The van der Waals surface area contributed by atoms with Crippen LogP contribution in [-0.4, -0.2) is 28.4 Å². The van der Waals surface area contributed by atoms with Crippen LogP contribution in [0.2, 0.25) is 0 Å². The fourth-order valence-corrected chi connectivity index (χ4v) is 1.55. The Kier molecular flexibility index (Phi) is 3.91. The fraction of sp³-hybridized carbons (Fsp3) is 0. The molecule has 0 aliphatic rings. The highest BCUT2D eigenvalue weighted by Gasteiger charge is 2.01. The van der Waals surface area contributed by atoms with Crippen LogP contribution in [-0.2, 0) is 0 Å². The van der Waals surface area contributed by atoms with Gasteiger partial charge in [-0.25, -0.2) is 9.59 Å². The SMILES string of the molecule is O=C(O)c1ccc(/C=N/c2ccc(C(=O)O)cc2)cc1. The highest BCUT2D eigenvalue weighted by Crippen LogP contribution is 2.13. The normalized spacial score (nSPS) is 10.6. The van der Waals surface area contributed by atoms with Gasteiger partial charge in [0, 0.05) is 6.21 Å². The van der Waals surface area contributed by atoms with E-state index in [1.165, 1.54) is 24.3 Å². The summed E-state index contributed by atoms with van der Waals surface area (Å²) in [4.78, 5) is 25.6. The van der Waals surface area contributed by atoms with Crippen LogP contribution in [0.25, 0.3) is 0 Å². The van der Waals surface area contributed by atoms with Crippen molar-refractivity contribution in [2.24, 2.45) is 4.99 Å². The van der Waals surface area contributed by atoms with Crippen LogP contribution in [0.4, 0.5) is 5.69 Å². The van der Waals surface area contributed by atoms with E-state index in [4.69, 9.17) is 10.2 Å². The Morgan fingerprint density at radius 3 is 1.70 bits per heavy atom. The van der Waals surface area contributed by atoms with Gasteiger partial charge < -0.3 is 10.2 Å². The largest absolute Gasteiger partial charge is 0.478 e. The molecular weight excluding hydrogens is 258 g/mol. The molecule has 0 atom stereocenters. The summed E-state index contributed by atoms with van der Waals surface area (Å²) in [6, 6.07) is 12.5. The molecule has 0 aromatic heterocycles. The number of carboxylic acid groups (broad SMARTS) is 2. The summed E-state index contributed by atoms with van der Waals surface area (Å²) in [5.74, 6) is -1.96. The third-order valence-electron chi connectivity index (χ3n) is 2.63. The number of nitrogens with zero attached hydrogens (tertiary/aromatic N) is 1. The molecule has 0 spiro atoms. The number of benzene rings is 2. The lowest BCUT2D eigenvalue weighted by Crippen LogP contribution is -1.95. The smallest absolute Gasteiger partial charge is 0.335 e. The summed E-state index contributed by atoms with van der Waals surface area (Å²) < 4.78 is 0. The van der Waals surface area contributed by atoms with Crippen LogP contribution in [0.15, 0.2) is 53.5 Å². The van der Waals surface area contributed by atoms with Crippen molar-refractivity contribution in [3.05, 3.63) is 65.2 Å². The molecule has 0 fully saturated rings. The lowest BCUT2D eigenvalue weighted by molar-refractivity contribution is 0.0686. The Labute approximate surface area is 114 Å². The van der Waals surface area contributed by atoms with Gasteiger partial charge in [-0.05, 0) is 42.0 Å². The summed E-state index contributed by atoms with van der Waals surface area (Å²) in [7, 11) is 0. The molecule has 0 saturated carbocycles. The topological polar surface area (TPSA) is 87.0 Å². The minimum atomic E-state index is -0.982. The van der Waals surface area contributed by atoms with E-state index < -0.39 is 11.9 Å². The van der Waals surface area contributed by atoms with Crippen molar-refractivity contribution in [1.29, 1.82) is 0 Å². The molecule has 0 amide bonds. The third-order valence-corrected chi connectivity index (χ3v) is 2.63. The van der Waals surface area contributed by atoms with Crippen molar-refractivity contribution in [2.75, 3.05) is 0 Å². The van der Waals surface area contributed by atoms with E-state index in [1.54, 1.807) is 30.5 Å². The number of rotatable bonds is 4. The number of aliphatic imine (C=N–C) groups is 1. The summed E-state index contributed by atoms with van der Waals surface area (Å²) in [5, 5.41) is 17.5. The lowest BCUT2D eigenvalue weighted by atomic mass is 10.1. The van der Waals surface area contributed by atoms with Crippen LogP contribution in [0.5, 0.6) is 0 Å². The molecule has 2 rings (SSSR count). The molecule has 0 heterocycles. The van der Waals surface area contributed by atoms with Crippen molar-refractivity contribution in [3.8, 4) is 0 Å². The van der Waals surface area contributed by atoms with Gasteiger partial charge in [-0.3, -0.25) is 4.99 Å². The quantitative estimate of drug-likeness (QED) is 0.835. The first-order valence-corrected chi connectivity index (χ1v) is 5.77. The average molecular weight is 269 g/mol. The predicted octanol–water partition coefficient (Wildman–Crippen LogP) is 2.83. The molecule has 0 saturated heterocycles. The zero-order valence-corrected chi connectivity index (χ0v) is 10.4. The van der Waals surface area contributed by atoms with E-state index in [2.05, 4.69) is 4.99 Å². The molecule has 0 aliphatic heterocycles. The standard InChI is InChI=1S/C15H11NO4/c17-14(18)11-3-1-10(2-4-11)9-16-13-7-5-12(6-8-13)15(19)20/h1-9H,(H,17,18)(H,19,20)/b16-9+. The maximum atomic E-state index is 10.7. The van der Waals surface area contributed by atoms with E-state index in [0.717, 1.165) is 5.56 Å². The molecule has 2 N–H and O–H groups in total. The molecule has 0 unspecified atom stereocenters. The third kappa shape index (κ3) is 3.29. The van der Waals surface area contributed by atoms with Gasteiger partial charge in [-0.1, -0.05) is 12.1 Å². The Morgan fingerprint density at radius 1 is 0.800 bits per heavy atom. The van der Waals surface area contributed by atoms with E-state index in [9.17, 15) is 9.59 Å². The van der Waals surface area contributed by atoms with Crippen LogP contribution in [0, 0.1) is 0 Å². The first-order chi connectivity index (χ1) is 9.56. The van der Waals surface area contributed by atoms with Crippen molar-refractivity contribution in [1.82, 2.24) is 0 Å². The second-order valence-electron chi connectivity index (χ2n) is 4.04. The zero-order chi connectivity index (χ0) is 14.5. The van der Waals surface area contributed by atoms with Gasteiger partial charge in [-0.15, -0.1) is 0 Å². The Bertz CT molecular complexity index is 598. The summed E-state index contributed by atoms with van der Waals surface area (Å²) >= 11 is 0. The summed E-state index contributed by atoms with van der Waals surface area (Å²) in [6.07, 6.45) is 1.58. The van der Waals surface area contributed by atoms with E-state index in [-0.39, 0.29) is 11.1 Å². The average Bonchev–Trinajstić information content (AvgIpc) is 2.46. The Balaban J connectivity index is 2.12. The molecule has 2 aromatic rings. The van der Waals surface area contributed by atoms with Gasteiger partial charge in [0.2, 0.25) is 0 Å². The van der Waals surface area contributed by atoms with Crippen molar-refractivity contribution >= 4 is 23.8 Å². The van der Waals surface area contributed by atoms with E-state index in [0.29, 0.717) is 5.69 Å². The van der Waals surface area contributed by atoms with Gasteiger partial charge >= 0.3 is 11.9 Å². The van der Waals surface area contributed by atoms with E-state index in [1.807, 2.05) is 0 Å². The van der Waals surface area contributed by atoms with Crippen LogP contribution in [0.1, 0.15) is 26.3 Å². The maximum absolute atomic E-state index is 10.7. The number of carboxylic acids is 2. The summed E-state index contributed by atoms with van der Waals surface area (Å²) in [5.41, 5.74) is 1.80. The van der Waals surface area contributed by atoms with Crippen LogP contribution in [0.3, 0.4) is 0 Å². The molecule has 5 heteroatoms. The predicted molar refractivity (Wildman–Crippen MR) is 74.1 cm³/mol. The van der Waals surface area contributed by atoms with Gasteiger partial charge in [0.25, 0.3) is 0 Å². The molecule has 5 nitrogen and oxygen atoms in total. The molecule has 2 aromatic carbocycles. The minimum absolute atomic E-state index is 0.203. The van der Waals surface area contributed by atoms with Crippen molar-refractivity contribution in [3.63, 3.8) is 0 Å². The Morgan fingerprint density at radius 2 is 1.25 bits per heavy atom. The minimum Gasteiger partial charge on any atom is -0.478 e. The van der Waals surface area contributed by atoms with Gasteiger partial charge in [0.1, 0.15) is 0 Å². The number of carbonyl (C=O) groups is 2. The van der Waals surface area contributed by atoms with Crippen molar-refractivity contribution in [2.45, 2.75) is 0 Å². The van der Waals surface area contributed by atoms with Gasteiger partial charge in [0.15, 0.2) is 0 Å². The molecule has 0 aliphatic carbocycles.